The molecule has 1 heteroatoms. The maximum atomic E-state index is 9.34. The Morgan fingerprint density at radius 3 is 2.33 bits per heavy atom. The lowest BCUT2D eigenvalue weighted by Crippen LogP contribution is -2.07. The molecule has 1 nitrogen and oxygen atoms in total. The minimum Gasteiger partial charge on any atom is -0.197 e. The minimum absolute atomic E-state index is 0.161. The van der Waals surface area contributed by atoms with Gasteiger partial charge in [-0.15, -0.1) is 0 Å². The molecule has 2 rings (SSSR count). The van der Waals surface area contributed by atoms with Crippen LogP contribution in [0.15, 0.2) is 18.2 Å². The van der Waals surface area contributed by atoms with Gasteiger partial charge in [-0.25, -0.2) is 0 Å². The smallest absolute Gasteiger partial charge is 0.0854 e. The van der Waals surface area contributed by atoms with Crippen LogP contribution in [0.25, 0.3) is 0 Å². The zero-order valence-corrected chi connectivity index (χ0v) is 9.67. The van der Waals surface area contributed by atoms with E-state index in [-0.39, 0.29) is 5.41 Å². The monoisotopic (exact) mass is 199 g/mol. The zero-order valence-electron chi connectivity index (χ0n) is 9.67. The summed E-state index contributed by atoms with van der Waals surface area (Å²) in [6.45, 7) is 6.38. The Kier molecular flexibility index (Phi) is 2.31. The number of hydrogen-bond acceptors (Lipinski definition) is 1. The van der Waals surface area contributed by atoms with Crippen LogP contribution >= 0.6 is 0 Å². The molecule has 0 bridgehead atoms. The maximum absolute atomic E-state index is 9.34. The number of rotatable bonds is 2. The summed E-state index contributed by atoms with van der Waals surface area (Å²) in [6.07, 6.45) is 2.16. The van der Waals surface area contributed by atoms with Crippen molar-refractivity contribution >= 4 is 0 Å². The molecule has 78 valence electrons. The molecule has 0 saturated heterocycles. The highest BCUT2D eigenvalue weighted by atomic mass is 14.6. The van der Waals surface area contributed by atoms with Crippen molar-refractivity contribution in [2.75, 3.05) is 0 Å². The van der Waals surface area contributed by atoms with Crippen LogP contribution in [-0.2, 0) is 5.41 Å². The van der Waals surface area contributed by atoms with Gasteiger partial charge in [-0.1, -0.05) is 42.7 Å². The number of hydrogen-bond donors (Lipinski definition) is 0. The van der Waals surface area contributed by atoms with Gasteiger partial charge < -0.3 is 0 Å². The van der Waals surface area contributed by atoms with Gasteiger partial charge in [0.15, 0.2) is 0 Å². The van der Waals surface area contributed by atoms with Crippen LogP contribution in [0.1, 0.15) is 36.5 Å². The van der Waals surface area contributed by atoms with Crippen molar-refractivity contribution in [3.8, 4) is 6.07 Å². The molecule has 2 atom stereocenters. The van der Waals surface area contributed by atoms with Crippen molar-refractivity contribution in [3.63, 3.8) is 0 Å². The van der Waals surface area contributed by atoms with Crippen molar-refractivity contribution in [2.45, 2.75) is 39.0 Å². The third-order valence-corrected chi connectivity index (χ3v) is 3.53. The fraction of sp³-hybridized carbons (Fsp3) is 0.500. The van der Waals surface area contributed by atoms with Crippen LogP contribution < -0.4 is 0 Å². The van der Waals surface area contributed by atoms with Gasteiger partial charge in [0, 0.05) is 0 Å². The van der Waals surface area contributed by atoms with E-state index in [2.05, 4.69) is 45.0 Å². The molecule has 1 saturated carbocycles. The molecule has 0 heterocycles. The van der Waals surface area contributed by atoms with Crippen LogP contribution in [0.2, 0.25) is 0 Å². The highest BCUT2D eigenvalue weighted by molar-refractivity contribution is 5.44. The van der Waals surface area contributed by atoms with E-state index in [0.29, 0.717) is 5.92 Å². The van der Waals surface area contributed by atoms with E-state index in [1.165, 1.54) is 16.7 Å². The second kappa shape index (κ2) is 3.38. The highest BCUT2D eigenvalue weighted by Gasteiger charge is 2.54. The largest absolute Gasteiger partial charge is 0.197 e. The van der Waals surface area contributed by atoms with Gasteiger partial charge in [0.25, 0.3) is 0 Å². The van der Waals surface area contributed by atoms with Gasteiger partial charge in [0.1, 0.15) is 0 Å². The second-order valence-corrected chi connectivity index (χ2v) is 4.77. The molecular formula is C14H17N. The summed E-state index contributed by atoms with van der Waals surface area (Å²) in [5, 5.41) is 9.34. The molecule has 1 fully saturated rings. The molecular weight excluding hydrogens is 182 g/mol. The van der Waals surface area contributed by atoms with Gasteiger partial charge in [0.05, 0.1) is 11.5 Å². The Balaban J connectivity index is 2.42. The van der Waals surface area contributed by atoms with E-state index >= 15 is 0 Å². The first-order chi connectivity index (χ1) is 7.12. The topological polar surface area (TPSA) is 23.8 Å². The first-order valence-corrected chi connectivity index (χ1v) is 5.62. The zero-order chi connectivity index (χ0) is 11.1. The quantitative estimate of drug-likeness (QED) is 0.715. The molecule has 0 N–H and O–H groups in total. The Labute approximate surface area is 91.7 Å². The first kappa shape index (κ1) is 10.2. The number of nitriles is 1. The Hall–Kier alpha value is -1.29. The van der Waals surface area contributed by atoms with Crippen molar-refractivity contribution in [1.29, 1.82) is 5.26 Å². The lowest BCUT2D eigenvalue weighted by molar-refractivity contribution is 0.700. The highest BCUT2D eigenvalue weighted by Crippen LogP contribution is 2.55. The molecule has 0 aliphatic heterocycles. The number of benzene rings is 1. The van der Waals surface area contributed by atoms with Crippen molar-refractivity contribution in [2.24, 2.45) is 5.92 Å². The predicted molar refractivity (Wildman–Crippen MR) is 61.6 cm³/mol. The summed E-state index contributed by atoms with van der Waals surface area (Å²) in [6, 6.07) is 9.03. The van der Waals surface area contributed by atoms with E-state index in [1.807, 2.05) is 0 Å². The van der Waals surface area contributed by atoms with Crippen LogP contribution in [0.4, 0.5) is 0 Å². The first-order valence-electron chi connectivity index (χ1n) is 5.62. The van der Waals surface area contributed by atoms with Crippen molar-refractivity contribution in [1.82, 2.24) is 0 Å². The number of aryl methyl sites for hydroxylation is 2. The SMILES string of the molecule is CCC1CC1(C#N)c1cc(C)cc(C)c1. The van der Waals surface area contributed by atoms with Crippen LogP contribution in [0.3, 0.4) is 0 Å². The molecule has 2 unspecified atom stereocenters. The van der Waals surface area contributed by atoms with Crippen LogP contribution in [0, 0.1) is 31.1 Å². The van der Waals surface area contributed by atoms with E-state index < -0.39 is 0 Å². The van der Waals surface area contributed by atoms with Crippen LogP contribution in [0.5, 0.6) is 0 Å². The molecule has 1 aliphatic carbocycles. The fourth-order valence-electron chi connectivity index (χ4n) is 2.61. The van der Waals surface area contributed by atoms with Crippen molar-refractivity contribution < 1.29 is 0 Å². The minimum atomic E-state index is -0.161. The normalized spacial score (nSPS) is 28.5. The summed E-state index contributed by atoms with van der Waals surface area (Å²) in [7, 11) is 0. The Morgan fingerprint density at radius 2 is 1.93 bits per heavy atom. The summed E-state index contributed by atoms with van der Waals surface area (Å²) >= 11 is 0. The average Bonchev–Trinajstić information content (AvgIpc) is 2.91. The summed E-state index contributed by atoms with van der Waals surface area (Å²) in [5.41, 5.74) is 3.60. The summed E-state index contributed by atoms with van der Waals surface area (Å²) in [5.74, 6) is 0.573. The van der Waals surface area contributed by atoms with Gasteiger partial charge in [-0.3, -0.25) is 0 Å². The molecule has 1 aromatic carbocycles. The molecule has 0 radical (unpaired) electrons. The predicted octanol–water partition coefficient (Wildman–Crippen LogP) is 3.49. The lowest BCUT2D eigenvalue weighted by atomic mass is 9.91. The van der Waals surface area contributed by atoms with Gasteiger partial charge in [-0.2, -0.15) is 5.26 Å². The summed E-state index contributed by atoms with van der Waals surface area (Å²) < 4.78 is 0. The Bertz CT molecular complexity index is 407. The van der Waals surface area contributed by atoms with E-state index in [9.17, 15) is 5.26 Å². The third kappa shape index (κ3) is 1.55. The molecule has 0 spiro atoms. The summed E-state index contributed by atoms with van der Waals surface area (Å²) in [4.78, 5) is 0. The van der Waals surface area contributed by atoms with Gasteiger partial charge in [0.2, 0.25) is 0 Å². The lowest BCUT2D eigenvalue weighted by Gasteiger charge is -2.10. The molecule has 0 aromatic heterocycles. The molecule has 1 aromatic rings. The fourth-order valence-corrected chi connectivity index (χ4v) is 2.61. The van der Waals surface area contributed by atoms with E-state index in [0.717, 1.165) is 12.8 Å². The van der Waals surface area contributed by atoms with Gasteiger partial charge >= 0.3 is 0 Å². The molecule has 15 heavy (non-hydrogen) atoms. The molecule has 0 amide bonds. The molecule has 1 aliphatic rings. The standard InChI is InChI=1S/C14H17N/c1-4-12-8-14(12,9-15)13-6-10(2)5-11(3)7-13/h5-7,12H,4,8H2,1-3H3. The van der Waals surface area contributed by atoms with Crippen molar-refractivity contribution in [3.05, 3.63) is 34.9 Å². The maximum Gasteiger partial charge on any atom is 0.0854 e. The number of nitrogens with zero attached hydrogens (tertiary/aromatic N) is 1. The van der Waals surface area contributed by atoms with Gasteiger partial charge in [-0.05, 0) is 31.7 Å². The third-order valence-electron chi connectivity index (χ3n) is 3.53. The van der Waals surface area contributed by atoms with Crippen LogP contribution in [-0.4, -0.2) is 0 Å². The van der Waals surface area contributed by atoms with E-state index in [4.69, 9.17) is 0 Å². The average molecular weight is 199 g/mol. The Morgan fingerprint density at radius 1 is 1.33 bits per heavy atom. The second-order valence-electron chi connectivity index (χ2n) is 4.77. The van der Waals surface area contributed by atoms with E-state index in [1.54, 1.807) is 0 Å².